The van der Waals surface area contributed by atoms with Crippen molar-refractivity contribution >= 4 is 5.69 Å². The number of hydrogen-bond acceptors (Lipinski definition) is 3. The summed E-state index contributed by atoms with van der Waals surface area (Å²) in [6, 6.07) is 5.25. The van der Waals surface area contributed by atoms with Gasteiger partial charge >= 0.3 is 0 Å². The van der Waals surface area contributed by atoms with Gasteiger partial charge in [0.2, 0.25) is 0 Å². The van der Waals surface area contributed by atoms with E-state index >= 15 is 0 Å². The van der Waals surface area contributed by atoms with Gasteiger partial charge < -0.3 is 5.73 Å². The van der Waals surface area contributed by atoms with Crippen molar-refractivity contribution < 1.29 is 4.92 Å². The van der Waals surface area contributed by atoms with E-state index in [-0.39, 0.29) is 28.0 Å². The van der Waals surface area contributed by atoms with Crippen LogP contribution < -0.4 is 5.73 Å². The number of aryl methyl sites for hydroxylation is 1. The van der Waals surface area contributed by atoms with Crippen LogP contribution in [0, 0.1) is 22.5 Å². The molecular weight excluding hydrogens is 204 g/mol. The molecule has 2 atom stereocenters. The van der Waals surface area contributed by atoms with Crippen LogP contribution in [-0.2, 0) is 0 Å². The zero-order valence-corrected chi connectivity index (χ0v) is 9.73. The summed E-state index contributed by atoms with van der Waals surface area (Å²) in [5.74, 6) is 0.104. The largest absolute Gasteiger partial charge is 0.327 e. The number of nitro benzene ring substituents is 1. The normalized spacial score (nSPS) is 26.5. The van der Waals surface area contributed by atoms with E-state index in [1.807, 2.05) is 26.8 Å². The molecule has 1 fully saturated rings. The van der Waals surface area contributed by atoms with Crippen molar-refractivity contribution in [3.63, 3.8) is 0 Å². The molecule has 4 heteroatoms. The van der Waals surface area contributed by atoms with Crippen LogP contribution >= 0.6 is 0 Å². The van der Waals surface area contributed by atoms with E-state index in [1.54, 1.807) is 12.1 Å². The first-order chi connectivity index (χ1) is 7.35. The fraction of sp³-hybridized carbons (Fsp3) is 0.500. The van der Waals surface area contributed by atoms with Crippen molar-refractivity contribution in [2.24, 2.45) is 11.1 Å². The third-order valence-corrected chi connectivity index (χ3v) is 3.63. The van der Waals surface area contributed by atoms with E-state index in [0.717, 1.165) is 11.1 Å². The molecule has 1 aromatic carbocycles. The standard InChI is InChI=1S/C12H16N2O2/c1-7-4-5-9(14(15)16)8(6-7)10-11(13)12(10,2)3/h4-6,10-11H,13H2,1-3H3/t10-,11-/m0/s1. The van der Waals surface area contributed by atoms with E-state index < -0.39 is 0 Å². The number of nitro groups is 1. The van der Waals surface area contributed by atoms with Gasteiger partial charge in [0.15, 0.2) is 0 Å². The van der Waals surface area contributed by atoms with Crippen molar-refractivity contribution in [3.8, 4) is 0 Å². The molecule has 0 radical (unpaired) electrons. The van der Waals surface area contributed by atoms with E-state index in [0.29, 0.717) is 0 Å². The molecule has 2 rings (SSSR count). The number of nitrogens with zero attached hydrogens (tertiary/aromatic N) is 1. The second kappa shape index (κ2) is 3.28. The maximum Gasteiger partial charge on any atom is 0.272 e. The molecule has 0 amide bonds. The lowest BCUT2D eigenvalue weighted by molar-refractivity contribution is -0.385. The molecule has 1 aromatic rings. The van der Waals surface area contributed by atoms with E-state index in [9.17, 15) is 10.1 Å². The number of hydrogen-bond donors (Lipinski definition) is 1. The lowest BCUT2D eigenvalue weighted by Gasteiger charge is -2.05. The number of rotatable bonds is 2. The fourth-order valence-electron chi connectivity index (χ4n) is 2.36. The van der Waals surface area contributed by atoms with Crippen LogP contribution in [0.25, 0.3) is 0 Å². The maximum atomic E-state index is 10.9. The average molecular weight is 220 g/mol. The zero-order chi connectivity index (χ0) is 12.1. The summed E-state index contributed by atoms with van der Waals surface area (Å²) in [7, 11) is 0. The molecule has 1 aliphatic rings. The SMILES string of the molecule is Cc1ccc([N+](=O)[O-])c([C@H]2[C@H](N)C2(C)C)c1. The molecule has 0 aromatic heterocycles. The van der Waals surface area contributed by atoms with Gasteiger partial charge in [-0.1, -0.05) is 25.5 Å². The number of benzene rings is 1. The summed E-state index contributed by atoms with van der Waals surface area (Å²) in [5.41, 5.74) is 7.95. The van der Waals surface area contributed by atoms with E-state index in [2.05, 4.69) is 0 Å². The second-order valence-corrected chi connectivity index (χ2v) is 5.14. The van der Waals surface area contributed by atoms with Crippen LogP contribution in [0.4, 0.5) is 5.69 Å². The topological polar surface area (TPSA) is 69.2 Å². The van der Waals surface area contributed by atoms with Gasteiger partial charge in [0.25, 0.3) is 5.69 Å². The Hall–Kier alpha value is -1.42. The third kappa shape index (κ3) is 1.50. The third-order valence-electron chi connectivity index (χ3n) is 3.63. The molecule has 0 saturated heterocycles. The lowest BCUT2D eigenvalue weighted by Crippen LogP contribution is -2.06. The summed E-state index contributed by atoms with van der Waals surface area (Å²) >= 11 is 0. The predicted molar refractivity (Wildman–Crippen MR) is 62.3 cm³/mol. The van der Waals surface area contributed by atoms with Crippen molar-refractivity contribution in [2.45, 2.75) is 32.7 Å². The Balaban J connectivity index is 2.48. The highest BCUT2D eigenvalue weighted by molar-refractivity contribution is 5.50. The van der Waals surface area contributed by atoms with Gasteiger partial charge in [-0.2, -0.15) is 0 Å². The van der Waals surface area contributed by atoms with Crippen LogP contribution in [0.15, 0.2) is 18.2 Å². The maximum absolute atomic E-state index is 10.9. The average Bonchev–Trinajstić information content (AvgIpc) is 2.65. The molecule has 16 heavy (non-hydrogen) atoms. The van der Waals surface area contributed by atoms with Crippen LogP contribution in [0.3, 0.4) is 0 Å². The molecule has 0 bridgehead atoms. The first-order valence-electron chi connectivity index (χ1n) is 5.36. The lowest BCUT2D eigenvalue weighted by atomic mass is 10.00. The Morgan fingerprint density at radius 1 is 1.44 bits per heavy atom. The highest BCUT2D eigenvalue weighted by atomic mass is 16.6. The Labute approximate surface area is 94.6 Å². The Kier molecular flexibility index (Phi) is 2.27. The Bertz CT molecular complexity index is 454. The van der Waals surface area contributed by atoms with E-state index in [4.69, 9.17) is 5.73 Å². The minimum absolute atomic E-state index is 0.0213. The first-order valence-corrected chi connectivity index (χ1v) is 5.36. The minimum Gasteiger partial charge on any atom is -0.327 e. The number of nitrogens with two attached hydrogens (primary N) is 1. The zero-order valence-electron chi connectivity index (χ0n) is 9.73. The van der Waals surface area contributed by atoms with Crippen molar-refractivity contribution in [2.75, 3.05) is 0 Å². The van der Waals surface area contributed by atoms with Crippen LogP contribution in [0.1, 0.15) is 30.9 Å². The highest BCUT2D eigenvalue weighted by Crippen LogP contribution is 2.59. The smallest absolute Gasteiger partial charge is 0.272 e. The molecule has 1 saturated carbocycles. The molecule has 4 nitrogen and oxygen atoms in total. The second-order valence-electron chi connectivity index (χ2n) is 5.14. The fourth-order valence-corrected chi connectivity index (χ4v) is 2.36. The molecule has 1 aliphatic carbocycles. The molecule has 86 valence electrons. The van der Waals surface area contributed by atoms with Gasteiger partial charge in [-0.15, -0.1) is 0 Å². The quantitative estimate of drug-likeness (QED) is 0.614. The minimum atomic E-state index is -0.324. The molecular formula is C12H16N2O2. The van der Waals surface area contributed by atoms with Crippen LogP contribution in [0.5, 0.6) is 0 Å². The molecule has 0 unspecified atom stereocenters. The highest BCUT2D eigenvalue weighted by Gasteiger charge is 2.58. The Morgan fingerprint density at radius 2 is 2.00 bits per heavy atom. The van der Waals surface area contributed by atoms with Gasteiger partial charge in [0, 0.05) is 23.6 Å². The summed E-state index contributed by atoms with van der Waals surface area (Å²) in [5, 5.41) is 10.9. The molecule has 0 aliphatic heterocycles. The Morgan fingerprint density at radius 3 is 2.44 bits per heavy atom. The van der Waals surface area contributed by atoms with Gasteiger partial charge in [-0.3, -0.25) is 10.1 Å². The van der Waals surface area contributed by atoms with Gasteiger partial charge in [0.1, 0.15) is 0 Å². The van der Waals surface area contributed by atoms with Gasteiger partial charge in [-0.05, 0) is 18.4 Å². The molecule has 0 spiro atoms. The van der Waals surface area contributed by atoms with Gasteiger partial charge in [-0.25, -0.2) is 0 Å². The molecule has 0 heterocycles. The van der Waals surface area contributed by atoms with Crippen molar-refractivity contribution in [1.82, 2.24) is 0 Å². The summed E-state index contributed by atoms with van der Waals surface area (Å²) in [6.45, 7) is 6.04. The summed E-state index contributed by atoms with van der Waals surface area (Å²) in [6.07, 6.45) is 0. The van der Waals surface area contributed by atoms with E-state index in [1.165, 1.54) is 0 Å². The van der Waals surface area contributed by atoms with Crippen molar-refractivity contribution in [3.05, 3.63) is 39.4 Å². The monoisotopic (exact) mass is 220 g/mol. The first kappa shape index (κ1) is 11.1. The van der Waals surface area contributed by atoms with Crippen LogP contribution in [-0.4, -0.2) is 11.0 Å². The predicted octanol–water partition coefficient (Wildman–Crippen LogP) is 2.35. The summed E-state index contributed by atoms with van der Waals surface area (Å²) < 4.78 is 0. The van der Waals surface area contributed by atoms with Crippen LogP contribution in [0.2, 0.25) is 0 Å². The molecule has 2 N–H and O–H groups in total. The van der Waals surface area contributed by atoms with Crippen molar-refractivity contribution in [1.29, 1.82) is 0 Å². The summed E-state index contributed by atoms with van der Waals surface area (Å²) in [4.78, 5) is 10.6. The van der Waals surface area contributed by atoms with Gasteiger partial charge in [0.05, 0.1) is 4.92 Å².